The molecule has 2 heteroatoms. The quantitative estimate of drug-likeness (QED) is 0.150. The second-order valence-electron chi connectivity index (χ2n) is 11.4. The molecule has 0 heterocycles. The van der Waals surface area contributed by atoms with Gasteiger partial charge in [0, 0.05) is 14.5 Å². The summed E-state index contributed by atoms with van der Waals surface area (Å²) in [6, 6.07) is 0. The van der Waals surface area contributed by atoms with Crippen LogP contribution >= 0.6 is 14.5 Å². The lowest BCUT2D eigenvalue weighted by molar-refractivity contribution is 0.505. The molecule has 0 bridgehead atoms. The third kappa shape index (κ3) is 9.85. The molecular weight excluding hydrogens is 422 g/mol. The average Bonchev–Trinajstić information content (AvgIpc) is 2.84. The summed E-state index contributed by atoms with van der Waals surface area (Å²) in [5.41, 5.74) is 2.29. The Balaban J connectivity index is 3.01. The van der Waals surface area contributed by atoms with Crippen LogP contribution < -0.4 is 0 Å². The Morgan fingerprint density at radius 2 is 0.562 bits per heavy atom. The Labute approximate surface area is 206 Å². The normalized spacial score (nSPS) is 20.1. The molecule has 1 rings (SSSR count). The molecule has 0 radical (unpaired) electrons. The highest BCUT2D eigenvalue weighted by Gasteiger charge is 2.50. The van der Waals surface area contributed by atoms with Gasteiger partial charge in [0.15, 0.2) is 0 Å². The van der Waals surface area contributed by atoms with Crippen molar-refractivity contribution in [1.82, 2.24) is 0 Å². The van der Waals surface area contributed by atoms with Crippen molar-refractivity contribution in [3.05, 3.63) is 0 Å². The molecule has 1 aliphatic rings. The predicted octanol–water partition coefficient (Wildman–Crippen LogP) is 11.1. The lowest BCUT2D eigenvalue weighted by Gasteiger charge is -2.43. The van der Waals surface area contributed by atoms with E-state index in [-0.39, 0.29) is 0 Å². The van der Waals surface area contributed by atoms with Crippen molar-refractivity contribution in [2.24, 2.45) is 0 Å². The largest absolute Gasteiger partial charge is 0.0700 e. The van der Waals surface area contributed by atoms with Gasteiger partial charge in [-0.15, -0.1) is 0 Å². The molecule has 1 aliphatic carbocycles. The first-order chi connectivity index (χ1) is 15.6. The van der Waals surface area contributed by atoms with E-state index in [0.717, 1.165) is 11.3 Å². The summed E-state index contributed by atoms with van der Waals surface area (Å²) in [6.07, 6.45) is 33.9. The molecule has 0 atom stereocenters. The summed E-state index contributed by atoms with van der Waals surface area (Å²) in [5, 5.41) is 0. The van der Waals surface area contributed by atoms with Crippen molar-refractivity contribution in [1.29, 1.82) is 0 Å². The molecule has 0 amide bonds. The molecular formula is C30H64P2+2. The van der Waals surface area contributed by atoms with Gasteiger partial charge in [0.1, 0.15) is 0 Å². The van der Waals surface area contributed by atoms with Crippen molar-refractivity contribution in [2.75, 3.05) is 37.0 Å². The highest BCUT2D eigenvalue weighted by atomic mass is 31.2. The maximum atomic E-state index is 2.43. The van der Waals surface area contributed by atoms with Gasteiger partial charge in [-0.1, -0.05) is 80.1 Å². The van der Waals surface area contributed by atoms with Gasteiger partial charge in [0.25, 0.3) is 0 Å². The molecule has 0 aromatic heterocycles. The van der Waals surface area contributed by atoms with Crippen molar-refractivity contribution in [2.45, 2.75) is 156 Å². The Bertz CT molecular complexity index is 341. The maximum absolute atomic E-state index is 2.43. The number of unbranched alkanes of at least 4 members (excludes halogenated alkanes) is 6. The summed E-state index contributed by atoms with van der Waals surface area (Å²) < 4.78 is 0. The van der Waals surface area contributed by atoms with Crippen LogP contribution in [0.25, 0.3) is 0 Å². The molecule has 0 spiro atoms. The molecule has 0 saturated heterocycles. The highest BCUT2D eigenvalue weighted by molar-refractivity contribution is 7.77. The van der Waals surface area contributed by atoms with Crippen molar-refractivity contribution >= 4 is 14.5 Å². The minimum absolute atomic E-state index is 0.751. The van der Waals surface area contributed by atoms with Crippen LogP contribution in [0.15, 0.2) is 0 Å². The van der Waals surface area contributed by atoms with E-state index in [9.17, 15) is 0 Å². The minimum atomic E-state index is -0.751. The van der Waals surface area contributed by atoms with Gasteiger partial charge in [-0.2, -0.15) is 0 Å². The molecule has 32 heavy (non-hydrogen) atoms. The second kappa shape index (κ2) is 18.2. The van der Waals surface area contributed by atoms with Crippen LogP contribution in [-0.4, -0.2) is 48.3 Å². The summed E-state index contributed by atoms with van der Waals surface area (Å²) in [4.78, 5) is 0. The Hall–Kier alpha value is 0.860. The average molecular weight is 487 g/mol. The zero-order chi connectivity index (χ0) is 23.7. The van der Waals surface area contributed by atoms with Gasteiger partial charge in [-0.3, -0.25) is 0 Å². The molecule has 1 saturated carbocycles. The molecule has 0 aromatic carbocycles. The third-order valence-corrected chi connectivity index (χ3v) is 20.3. The van der Waals surface area contributed by atoms with E-state index < -0.39 is 14.5 Å². The predicted molar refractivity (Wildman–Crippen MR) is 159 cm³/mol. The zero-order valence-electron chi connectivity index (χ0n) is 23.6. The summed E-state index contributed by atoms with van der Waals surface area (Å²) in [7, 11) is -1.50. The van der Waals surface area contributed by atoms with Gasteiger partial charge in [-0.05, 0) is 64.2 Å². The summed E-state index contributed by atoms with van der Waals surface area (Å²) >= 11 is 0. The number of hydrogen-bond donors (Lipinski definition) is 0. The van der Waals surface area contributed by atoms with Crippen LogP contribution in [0.4, 0.5) is 0 Å². The van der Waals surface area contributed by atoms with Gasteiger partial charge >= 0.3 is 0 Å². The van der Waals surface area contributed by atoms with Crippen LogP contribution in [0, 0.1) is 0 Å². The van der Waals surface area contributed by atoms with E-state index in [1.54, 1.807) is 62.7 Å². The van der Waals surface area contributed by atoms with E-state index in [2.05, 4.69) is 41.5 Å². The Kier molecular flexibility index (Phi) is 17.5. The van der Waals surface area contributed by atoms with Crippen LogP contribution in [-0.2, 0) is 0 Å². The number of rotatable bonds is 20. The molecule has 0 aromatic rings. The lowest BCUT2D eigenvalue weighted by Crippen LogP contribution is -2.32. The Morgan fingerprint density at radius 3 is 0.719 bits per heavy atom. The molecule has 0 N–H and O–H groups in total. The second-order valence-corrected chi connectivity index (χ2v) is 20.4. The number of hydrogen-bond acceptors (Lipinski definition) is 0. The molecule has 192 valence electrons. The van der Waals surface area contributed by atoms with Crippen LogP contribution in [0.1, 0.15) is 144 Å². The van der Waals surface area contributed by atoms with E-state index in [0.29, 0.717) is 0 Å². The van der Waals surface area contributed by atoms with Crippen molar-refractivity contribution in [3.8, 4) is 0 Å². The van der Waals surface area contributed by atoms with Gasteiger partial charge in [0.05, 0.1) is 48.3 Å². The molecule has 1 fully saturated rings. The fourth-order valence-corrected chi connectivity index (χ4v) is 18.8. The molecule has 0 unspecified atom stereocenters. The van der Waals surface area contributed by atoms with Crippen LogP contribution in [0.2, 0.25) is 0 Å². The standard InChI is InChI=1S/C30H64P2/c1-7-13-23-31(24-14-8-2,25-15-9-3)29-19-21-30(22-20-29)32(26-16-10-4,27-17-11-5)28-18-12-6/h29-30H,7-28H2,1-6H3/q+2. The van der Waals surface area contributed by atoms with E-state index in [4.69, 9.17) is 0 Å². The first-order valence-electron chi connectivity index (χ1n) is 15.3. The Morgan fingerprint density at radius 1 is 0.375 bits per heavy atom. The van der Waals surface area contributed by atoms with E-state index in [1.807, 2.05) is 0 Å². The smallest absolute Gasteiger partial charge is 0.0652 e. The van der Waals surface area contributed by atoms with Crippen molar-refractivity contribution in [3.63, 3.8) is 0 Å². The van der Waals surface area contributed by atoms with Gasteiger partial charge in [-0.25, -0.2) is 0 Å². The molecule has 0 nitrogen and oxygen atoms in total. The van der Waals surface area contributed by atoms with Crippen LogP contribution in [0.5, 0.6) is 0 Å². The zero-order valence-corrected chi connectivity index (χ0v) is 25.4. The molecule has 0 aliphatic heterocycles. The van der Waals surface area contributed by atoms with Crippen molar-refractivity contribution < 1.29 is 0 Å². The summed E-state index contributed by atoms with van der Waals surface area (Å²) in [6.45, 7) is 14.6. The third-order valence-electron chi connectivity index (χ3n) is 8.96. The fraction of sp³-hybridized carbons (Fsp3) is 1.00. The first-order valence-corrected chi connectivity index (χ1v) is 20.1. The summed E-state index contributed by atoms with van der Waals surface area (Å²) in [5.74, 6) is 0. The minimum Gasteiger partial charge on any atom is -0.0652 e. The van der Waals surface area contributed by atoms with E-state index >= 15 is 0 Å². The van der Waals surface area contributed by atoms with Gasteiger partial charge < -0.3 is 0 Å². The first kappa shape index (κ1) is 30.9. The topological polar surface area (TPSA) is 0 Å². The maximum Gasteiger partial charge on any atom is 0.0700 e. The fourth-order valence-electron chi connectivity index (χ4n) is 6.76. The SMILES string of the molecule is CCCC[P+](CCCC)(CCCC)C1CCC([P+](CCCC)(CCCC)CCCC)CC1. The van der Waals surface area contributed by atoms with Gasteiger partial charge in [0.2, 0.25) is 0 Å². The lowest BCUT2D eigenvalue weighted by atomic mass is 9.99. The monoisotopic (exact) mass is 486 g/mol. The van der Waals surface area contributed by atoms with E-state index in [1.165, 1.54) is 77.0 Å². The van der Waals surface area contributed by atoms with Crippen LogP contribution in [0.3, 0.4) is 0 Å². The highest BCUT2D eigenvalue weighted by Crippen LogP contribution is 2.72.